The van der Waals surface area contributed by atoms with Gasteiger partial charge in [-0.1, -0.05) is 37.3 Å². The van der Waals surface area contributed by atoms with Crippen molar-refractivity contribution in [3.63, 3.8) is 0 Å². The highest BCUT2D eigenvalue weighted by molar-refractivity contribution is 5.73. The Hall–Kier alpha value is -3.92. The largest absolute Gasteiger partial charge is 0.490 e. The standard InChI is InChI=1S/C23H30N6.2C2HF3O2/c1-3-28-13-14-29-21(20-7-5-4-6-8-20)16-24-22(29)23(28)9-11-27(12-10-23)18-19-15-25-26(2)17-19;2*3-2(4,5)1(6)7/h4-8,15-17H,3,9-14,18H2,1-2H3;2*(H,6,7). The fraction of sp³-hybridized carbons (Fsp3) is 0.481. The van der Waals surface area contributed by atoms with Gasteiger partial charge in [-0.15, -0.1) is 0 Å². The summed E-state index contributed by atoms with van der Waals surface area (Å²) in [7, 11) is 1.99. The number of carboxylic acid groups (broad SMARTS) is 2. The Kier molecular flexibility index (Phi) is 10.6. The number of piperidine rings is 1. The van der Waals surface area contributed by atoms with E-state index in [9.17, 15) is 26.3 Å². The lowest BCUT2D eigenvalue weighted by atomic mass is 9.83. The number of halogens is 6. The fourth-order valence-corrected chi connectivity index (χ4v) is 5.28. The minimum atomic E-state index is -5.08. The molecule has 2 N–H and O–H groups in total. The average Bonchev–Trinajstić information content (AvgIpc) is 3.57. The molecule has 0 amide bonds. The van der Waals surface area contributed by atoms with E-state index in [2.05, 4.69) is 69.1 Å². The third-order valence-electron chi connectivity index (χ3n) is 7.25. The zero-order valence-corrected chi connectivity index (χ0v) is 23.4. The molecule has 1 saturated heterocycles. The van der Waals surface area contributed by atoms with E-state index in [0.29, 0.717) is 0 Å². The summed E-state index contributed by atoms with van der Waals surface area (Å²) in [5.74, 6) is -4.24. The molecule has 4 heterocycles. The van der Waals surface area contributed by atoms with E-state index >= 15 is 0 Å². The second-order valence-corrected chi connectivity index (χ2v) is 10.0. The molecule has 236 valence electrons. The van der Waals surface area contributed by atoms with Gasteiger partial charge in [0.25, 0.3) is 0 Å². The smallest absolute Gasteiger partial charge is 0.475 e. The summed E-state index contributed by atoms with van der Waals surface area (Å²) in [6.07, 6.45) is -1.70. The Morgan fingerprint density at radius 2 is 1.47 bits per heavy atom. The number of hydrogen-bond donors (Lipinski definition) is 2. The van der Waals surface area contributed by atoms with Crippen molar-refractivity contribution in [2.45, 2.75) is 50.7 Å². The van der Waals surface area contributed by atoms with Gasteiger partial charge in [0.2, 0.25) is 0 Å². The van der Waals surface area contributed by atoms with Crippen molar-refractivity contribution in [2.24, 2.45) is 7.05 Å². The lowest BCUT2D eigenvalue weighted by Crippen LogP contribution is -2.57. The molecule has 2 aromatic heterocycles. The third kappa shape index (κ3) is 8.34. The number of carbonyl (C=O) groups is 2. The van der Waals surface area contributed by atoms with Gasteiger partial charge in [-0.2, -0.15) is 31.4 Å². The second kappa shape index (κ2) is 13.6. The van der Waals surface area contributed by atoms with E-state index in [1.54, 1.807) is 0 Å². The number of rotatable bonds is 4. The fourth-order valence-electron chi connectivity index (χ4n) is 5.28. The van der Waals surface area contributed by atoms with E-state index in [4.69, 9.17) is 24.8 Å². The third-order valence-corrected chi connectivity index (χ3v) is 7.25. The lowest BCUT2D eigenvalue weighted by Gasteiger charge is -2.50. The molecule has 3 aromatic rings. The van der Waals surface area contributed by atoms with E-state index in [1.807, 2.05) is 17.9 Å². The number of benzene rings is 1. The maximum atomic E-state index is 10.6. The van der Waals surface area contributed by atoms with Crippen LogP contribution in [0.3, 0.4) is 0 Å². The van der Waals surface area contributed by atoms with Gasteiger partial charge in [0.15, 0.2) is 0 Å². The molecular weight excluding hydrogens is 586 g/mol. The molecule has 10 nitrogen and oxygen atoms in total. The summed E-state index contributed by atoms with van der Waals surface area (Å²) >= 11 is 0. The molecule has 0 bridgehead atoms. The number of aromatic nitrogens is 4. The minimum absolute atomic E-state index is 0.0610. The Morgan fingerprint density at radius 3 is 1.93 bits per heavy atom. The Bertz CT molecular complexity index is 1340. The minimum Gasteiger partial charge on any atom is -0.475 e. The summed E-state index contributed by atoms with van der Waals surface area (Å²) in [6, 6.07) is 10.7. The first-order valence-electron chi connectivity index (χ1n) is 13.2. The van der Waals surface area contributed by atoms with Crippen molar-refractivity contribution in [1.29, 1.82) is 0 Å². The van der Waals surface area contributed by atoms with Gasteiger partial charge in [0, 0.05) is 51.5 Å². The highest BCUT2D eigenvalue weighted by atomic mass is 19.4. The number of hydrogen-bond acceptors (Lipinski definition) is 6. The van der Waals surface area contributed by atoms with Gasteiger partial charge in [-0.25, -0.2) is 14.6 Å². The van der Waals surface area contributed by atoms with Crippen LogP contribution < -0.4 is 0 Å². The summed E-state index contributed by atoms with van der Waals surface area (Å²) in [5.41, 5.74) is 3.88. The van der Waals surface area contributed by atoms with Crippen LogP contribution in [0.1, 0.15) is 31.2 Å². The number of fused-ring (bicyclic) bond motifs is 2. The summed E-state index contributed by atoms with van der Waals surface area (Å²) < 4.78 is 67.8. The van der Waals surface area contributed by atoms with Crippen LogP contribution in [0.5, 0.6) is 0 Å². The van der Waals surface area contributed by atoms with Crippen molar-refractivity contribution < 1.29 is 46.1 Å². The van der Waals surface area contributed by atoms with Crippen LogP contribution in [-0.2, 0) is 35.3 Å². The van der Waals surface area contributed by atoms with Crippen molar-refractivity contribution in [1.82, 2.24) is 29.1 Å². The van der Waals surface area contributed by atoms with Crippen LogP contribution in [-0.4, -0.2) is 89.8 Å². The average molecular weight is 619 g/mol. The Labute approximate surface area is 243 Å². The van der Waals surface area contributed by atoms with Crippen LogP contribution >= 0.6 is 0 Å². The molecule has 0 radical (unpaired) electrons. The van der Waals surface area contributed by atoms with Gasteiger partial charge in [0.05, 0.1) is 23.6 Å². The highest BCUT2D eigenvalue weighted by Gasteiger charge is 2.46. The van der Waals surface area contributed by atoms with Crippen LogP contribution in [0.4, 0.5) is 26.3 Å². The van der Waals surface area contributed by atoms with Gasteiger partial charge in [0.1, 0.15) is 5.82 Å². The second-order valence-electron chi connectivity index (χ2n) is 10.0. The summed E-state index contributed by atoms with van der Waals surface area (Å²) in [6.45, 7) is 8.67. The number of alkyl halides is 6. The quantitative estimate of drug-likeness (QED) is 0.414. The molecule has 43 heavy (non-hydrogen) atoms. The molecule has 1 spiro atoms. The zero-order valence-electron chi connectivity index (χ0n) is 23.4. The molecule has 1 fully saturated rings. The lowest BCUT2D eigenvalue weighted by molar-refractivity contribution is -0.193. The number of aryl methyl sites for hydroxylation is 1. The first-order valence-corrected chi connectivity index (χ1v) is 13.2. The van der Waals surface area contributed by atoms with E-state index in [1.165, 1.54) is 22.6 Å². The molecule has 16 heteroatoms. The summed E-state index contributed by atoms with van der Waals surface area (Å²) in [4.78, 5) is 28.0. The topological polar surface area (TPSA) is 117 Å². The van der Waals surface area contributed by atoms with Gasteiger partial charge in [-0.3, -0.25) is 14.5 Å². The van der Waals surface area contributed by atoms with Crippen molar-refractivity contribution in [3.8, 4) is 11.3 Å². The number of likely N-dealkylation sites (N-methyl/N-ethyl adjacent to an activating group) is 1. The molecule has 2 aliphatic rings. The zero-order chi connectivity index (χ0) is 32.0. The molecule has 1 aromatic carbocycles. The highest BCUT2D eigenvalue weighted by Crippen LogP contribution is 2.42. The van der Waals surface area contributed by atoms with Crippen LogP contribution in [0, 0.1) is 0 Å². The number of aliphatic carboxylic acids is 2. The first-order chi connectivity index (χ1) is 20.1. The van der Waals surface area contributed by atoms with Crippen molar-refractivity contribution >= 4 is 11.9 Å². The maximum absolute atomic E-state index is 10.6. The first kappa shape index (κ1) is 33.6. The van der Waals surface area contributed by atoms with Crippen molar-refractivity contribution in [3.05, 3.63) is 60.3 Å². The number of nitrogens with zero attached hydrogens (tertiary/aromatic N) is 6. The Morgan fingerprint density at radius 1 is 0.907 bits per heavy atom. The number of likely N-dealkylation sites (tertiary alicyclic amines) is 1. The maximum Gasteiger partial charge on any atom is 0.490 e. The monoisotopic (exact) mass is 618 g/mol. The molecule has 2 aliphatic heterocycles. The van der Waals surface area contributed by atoms with Crippen molar-refractivity contribution in [2.75, 3.05) is 26.2 Å². The van der Waals surface area contributed by atoms with E-state index in [-0.39, 0.29) is 5.54 Å². The van der Waals surface area contributed by atoms with E-state index < -0.39 is 24.3 Å². The van der Waals surface area contributed by atoms with Gasteiger partial charge in [-0.05, 0) is 24.9 Å². The van der Waals surface area contributed by atoms with Crippen LogP contribution in [0.2, 0.25) is 0 Å². The molecule has 0 saturated carbocycles. The normalized spacial score (nSPS) is 16.8. The molecule has 5 rings (SSSR count). The molecule has 0 unspecified atom stereocenters. The van der Waals surface area contributed by atoms with Crippen LogP contribution in [0.15, 0.2) is 48.9 Å². The molecular formula is C27H32F6N6O4. The van der Waals surface area contributed by atoms with E-state index in [0.717, 1.165) is 52.1 Å². The Balaban J connectivity index is 0.000000303. The molecule has 0 atom stereocenters. The predicted molar refractivity (Wildman–Crippen MR) is 142 cm³/mol. The van der Waals surface area contributed by atoms with Crippen LogP contribution in [0.25, 0.3) is 11.3 Å². The van der Waals surface area contributed by atoms with Gasteiger partial charge < -0.3 is 14.8 Å². The predicted octanol–water partition coefficient (Wildman–Crippen LogP) is 4.38. The van der Waals surface area contributed by atoms with Gasteiger partial charge >= 0.3 is 24.3 Å². The summed E-state index contributed by atoms with van der Waals surface area (Å²) in [5, 5.41) is 18.6. The number of carboxylic acids is 2. The number of imidazole rings is 1. The molecule has 0 aliphatic carbocycles. The SMILES string of the molecule is CCN1CCn2c(-c3ccccc3)cnc2C12CCN(Cc1cnn(C)c1)CC2.O=C(O)C(F)(F)F.O=C(O)C(F)(F)F.